The van der Waals surface area contributed by atoms with Gasteiger partial charge in [0.05, 0.1) is 6.54 Å². The van der Waals surface area contributed by atoms with E-state index in [1.165, 1.54) is 12.1 Å². The van der Waals surface area contributed by atoms with Gasteiger partial charge in [0.15, 0.2) is 5.82 Å². The van der Waals surface area contributed by atoms with Crippen LogP contribution in [0.25, 0.3) is 0 Å². The van der Waals surface area contributed by atoms with E-state index >= 15 is 0 Å². The highest BCUT2D eigenvalue weighted by Gasteiger charge is 2.05. The van der Waals surface area contributed by atoms with Gasteiger partial charge in [-0.25, -0.2) is 4.39 Å². The second-order valence-electron chi connectivity index (χ2n) is 3.11. The summed E-state index contributed by atoms with van der Waals surface area (Å²) in [7, 11) is 0. The lowest BCUT2D eigenvalue weighted by molar-refractivity contribution is 0.375. The zero-order valence-electron chi connectivity index (χ0n) is 7.98. The molecule has 0 aliphatic heterocycles. The van der Waals surface area contributed by atoms with Crippen molar-refractivity contribution in [2.45, 2.75) is 13.0 Å². The van der Waals surface area contributed by atoms with Crippen LogP contribution < -0.4 is 5.73 Å². The van der Waals surface area contributed by atoms with Crippen molar-refractivity contribution in [3.05, 3.63) is 47.4 Å². The molecule has 1 aromatic carbocycles. The fourth-order valence-corrected chi connectivity index (χ4v) is 1.23. The van der Waals surface area contributed by atoms with Crippen LogP contribution in [-0.4, -0.2) is 10.1 Å². The first-order chi connectivity index (χ1) is 7.28. The van der Waals surface area contributed by atoms with Crippen LogP contribution in [0.5, 0.6) is 0 Å². The molecular formula is C10H10FN3O. The smallest absolute Gasteiger partial charge is 0.240 e. The highest BCUT2D eigenvalue weighted by atomic mass is 19.1. The average Bonchev–Trinajstić information content (AvgIpc) is 2.69. The number of hydrogen-bond donors (Lipinski definition) is 1. The predicted octanol–water partition coefficient (Wildman–Crippen LogP) is 1.26. The minimum atomic E-state index is -0.255. The lowest BCUT2D eigenvalue weighted by Gasteiger charge is -1.95. The summed E-state index contributed by atoms with van der Waals surface area (Å²) in [6.07, 6.45) is 0.518. The Balaban J connectivity index is 2.11. The first-order valence-corrected chi connectivity index (χ1v) is 4.54. The highest BCUT2D eigenvalue weighted by Crippen LogP contribution is 2.07. The molecule has 0 radical (unpaired) electrons. The standard InChI is InChI=1S/C10H10FN3O/c11-8-3-1-7(2-4-8)5-9-13-10(6-12)15-14-9/h1-4H,5-6,12H2. The van der Waals surface area contributed by atoms with Gasteiger partial charge in [-0.2, -0.15) is 4.98 Å². The number of nitrogens with two attached hydrogens (primary N) is 1. The number of halogens is 1. The van der Waals surface area contributed by atoms with Gasteiger partial charge in [0.25, 0.3) is 0 Å². The third-order valence-electron chi connectivity index (χ3n) is 1.96. The van der Waals surface area contributed by atoms with Crippen LogP contribution in [0, 0.1) is 5.82 Å². The molecule has 15 heavy (non-hydrogen) atoms. The van der Waals surface area contributed by atoms with E-state index in [1.54, 1.807) is 12.1 Å². The van der Waals surface area contributed by atoms with Crippen molar-refractivity contribution in [3.8, 4) is 0 Å². The molecule has 0 saturated heterocycles. The van der Waals surface area contributed by atoms with E-state index in [0.29, 0.717) is 18.1 Å². The molecule has 1 heterocycles. The van der Waals surface area contributed by atoms with Crippen molar-refractivity contribution >= 4 is 0 Å². The van der Waals surface area contributed by atoms with Gasteiger partial charge >= 0.3 is 0 Å². The van der Waals surface area contributed by atoms with Crippen molar-refractivity contribution in [2.75, 3.05) is 0 Å². The molecule has 0 atom stereocenters. The summed E-state index contributed by atoms with van der Waals surface area (Å²) in [6, 6.07) is 6.18. The first-order valence-electron chi connectivity index (χ1n) is 4.54. The third kappa shape index (κ3) is 2.38. The fraction of sp³-hybridized carbons (Fsp3) is 0.200. The van der Waals surface area contributed by atoms with Crippen LogP contribution >= 0.6 is 0 Å². The van der Waals surface area contributed by atoms with Gasteiger partial charge in [-0.05, 0) is 17.7 Å². The largest absolute Gasteiger partial charge is 0.338 e. The van der Waals surface area contributed by atoms with Gasteiger partial charge in [0, 0.05) is 6.42 Å². The van der Waals surface area contributed by atoms with Gasteiger partial charge in [-0.3, -0.25) is 0 Å². The van der Waals surface area contributed by atoms with Crippen LogP contribution in [0.3, 0.4) is 0 Å². The van der Waals surface area contributed by atoms with Gasteiger partial charge in [-0.15, -0.1) is 0 Å². The molecule has 0 bridgehead atoms. The summed E-state index contributed by atoms with van der Waals surface area (Å²) in [4.78, 5) is 4.05. The molecule has 1 aromatic heterocycles. The molecule has 2 aromatic rings. The van der Waals surface area contributed by atoms with Gasteiger partial charge in [0.1, 0.15) is 5.82 Å². The summed E-state index contributed by atoms with van der Waals surface area (Å²) in [6.45, 7) is 0.233. The number of nitrogens with zero attached hydrogens (tertiary/aromatic N) is 2. The molecular weight excluding hydrogens is 197 g/mol. The van der Waals surface area contributed by atoms with E-state index in [0.717, 1.165) is 5.56 Å². The minimum Gasteiger partial charge on any atom is -0.338 e. The van der Waals surface area contributed by atoms with E-state index in [9.17, 15) is 4.39 Å². The Morgan fingerprint density at radius 2 is 2.00 bits per heavy atom. The number of rotatable bonds is 3. The maximum Gasteiger partial charge on any atom is 0.240 e. The zero-order chi connectivity index (χ0) is 10.7. The van der Waals surface area contributed by atoms with Crippen molar-refractivity contribution in [1.29, 1.82) is 0 Å². The van der Waals surface area contributed by atoms with Crippen LogP contribution in [0.2, 0.25) is 0 Å². The summed E-state index contributed by atoms with van der Waals surface area (Å²) in [5.41, 5.74) is 6.26. The number of aromatic nitrogens is 2. The van der Waals surface area contributed by atoms with E-state index in [1.807, 2.05) is 0 Å². The highest BCUT2D eigenvalue weighted by molar-refractivity contribution is 5.19. The Kier molecular flexibility index (Phi) is 2.73. The zero-order valence-corrected chi connectivity index (χ0v) is 7.98. The van der Waals surface area contributed by atoms with E-state index in [-0.39, 0.29) is 12.4 Å². The normalized spacial score (nSPS) is 10.5. The SMILES string of the molecule is NCc1nc(Cc2ccc(F)cc2)no1. The molecule has 0 fully saturated rings. The maximum atomic E-state index is 12.6. The third-order valence-corrected chi connectivity index (χ3v) is 1.96. The van der Waals surface area contributed by atoms with Gasteiger partial charge < -0.3 is 10.3 Å². The van der Waals surface area contributed by atoms with Crippen molar-refractivity contribution < 1.29 is 8.91 Å². The Hall–Kier alpha value is -1.75. The molecule has 5 heteroatoms. The summed E-state index contributed by atoms with van der Waals surface area (Å²) >= 11 is 0. The lowest BCUT2D eigenvalue weighted by Crippen LogP contribution is -1.97. The monoisotopic (exact) mass is 207 g/mol. The molecule has 0 aliphatic rings. The van der Waals surface area contributed by atoms with Crippen LogP contribution in [0.15, 0.2) is 28.8 Å². The summed E-state index contributed by atoms with van der Waals surface area (Å²) in [5.74, 6) is 0.712. The maximum absolute atomic E-state index is 12.6. The number of benzene rings is 1. The van der Waals surface area contributed by atoms with Crippen LogP contribution in [-0.2, 0) is 13.0 Å². The number of hydrogen-bond acceptors (Lipinski definition) is 4. The van der Waals surface area contributed by atoms with Gasteiger partial charge in [0.2, 0.25) is 5.89 Å². The Morgan fingerprint density at radius 3 is 2.60 bits per heavy atom. The fourth-order valence-electron chi connectivity index (χ4n) is 1.23. The van der Waals surface area contributed by atoms with Crippen molar-refractivity contribution in [1.82, 2.24) is 10.1 Å². The minimum absolute atomic E-state index is 0.233. The summed E-state index contributed by atoms with van der Waals surface area (Å²) < 4.78 is 17.5. The Morgan fingerprint density at radius 1 is 1.27 bits per heavy atom. The van der Waals surface area contributed by atoms with E-state index in [4.69, 9.17) is 10.3 Å². The van der Waals surface area contributed by atoms with Crippen LogP contribution in [0.1, 0.15) is 17.3 Å². The molecule has 0 aliphatic carbocycles. The lowest BCUT2D eigenvalue weighted by atomic mass is 10.1. The first kappa shape index (κ1) is 9.79. The molecule has 0 spiro atoms. The van der Waals surface area contributed by atoms with Gasteiger partial charge in [-0.1, -0.05) is 17.3 Å². The second kappa shape index (κ2) is 4.18. The quantitative estimate of drug-likeness (QED) is 0.822. The summed E-state index contributed by atoms with van der Waals surface area (Å²) in [5, 5.41) is 3.74. The topological polar surface area (TPSA) is 64.9 Å². The average molecular weight is 207 g/mol. The molecule has 0 unspecified atom stereocenters. The molecule has 0 saturated carbocycles. The Labute approximate surface area is 85.9 Å². The molecule has 0 amide bonds. The van der Waals surface area contributed by atoms with E-state index in [2.05, 4.69) is 10.1 Å². The Bertz CT molecular complexity index is 438. The van der Waals surface area contributed by atoms with E-state index < -0.39 is 0 Å². The molecule has 4 nitrogen and oxygen atoms in total. The molecule has 78 valence electrons. The molecule has 2 rings (SSSR count). The van der Waals surface area contributed by atoms with Crippen molar-refractivity contribution in [2.24, 2.45) is 5.73 Å². The van der Waals surface area contributed by atoms with Crippen LogP contribution in [0.4, 0.5) is 4.39 Å². The van der Waals surface area contributed by atoms with Crippen molar-refractivity contribution in [3.63, 3.8) is 0 Å². The molecule has 2 N–H and O–H groups in total. The second-order valence-corrected chi connectivity index (χ2v) is 3.11. The predicted molar refractivity (Wildman–Crippen MR) is 51.4 cm³/mol.